The summed E-state index contributed by atoms with van der Waals surface area (Å²) in [7, 11) is 0. The fraction of sp³-hybridized carbons (Fsp3) is 0.444. The molecule has 3 aromatic rings. The molecule has 35 heavy (non-hydrogen) atoms. The molecule has 1 unspecified atom stereocenters. The summed E-state index contributed by atoms with van der Waals surface area (Å²) in [5.41, 5.74) is 3.35. The molecule has 1 aliphatic heterocycles. The third-order valence-electron chi connectivity index (χ3n) is 7.01. The Bertz CT molecular complexity index is 1200. The molecule has 1 aromatic heterocycles. The maximum absolute atomic E-state index is 13.1. The Morgan fingerprint density at radius 3 is 2.60 bits per heavy atom. The van der Waals surface area contributed by atoms with E-state index in [1.54, 1.807) is 11.8 Å². The number of nitrogens with one attached hydrogen (secondary N) is 1. The maximum atomic E-state index is 13.1. The van der Waals surface area contributed by atoms with Crippen LogP contribution in [0.25, 0.3) is 10.9 Å². The van der Waals surface area contributed by atoms with Crippen LogP contribution in [0.3, 0.4) is 0 Å². The van der Waals surface area contributed by atoms with Gasteiger partial charge >= 0.3 is 6.09 Å². The van der Waals surface area contributed by atoms with Crippen molar-refractivity contribution in [1.29, 1.82) is 0 Å². The van der Waals surface area contributed by atoms with Crippen molar-refractivity contribution in [3.8, 4) is 5.75 Å². The number of nitrogens with zero attached hydrogens (tertiary/aromatic N) is 1. The SMILES string of the molecule is CC(CO)(CO)COc1ccc(C2c3[nH]c4ccc(Cl)cc4c3CCN2C(=O)OCC2CC2)cc1. The topological polar surface area (TPSA) is 95.0 Å². The van der Waals surface area contributed by atoms with Crippen molar-refractivity contribution >= 4 is 28.6 Å². The van der Waals surface area contributed by atoms with Gasteiger partial charge < -0.3 is 24.7 Å². The lowest BCUT2D eigenvalue weighted by Gasteiger charge is -2.35. The van der Waals surface area contributed by atoms with Gasteiger partial charge in [-0.1, -0.05) is 30.7 Å². The average Bonchev–Trinajstić information content (AvgIpc) is 3.65. The molecule has 1 amide bonds. The molecule has 7 nitrogen and oxygen atoms in total. The highest BCUT2D eigenvalue weighted by molar-refractivity contribution is 6.31. The molecule has 2 aromatic carbocycles. The Morgan fingerprint density at radius 2 is 1.91 bits per heavy atom. The largest absolute Gasteiger partial charge is 0.493 e. The molecule has 8 heteroatoms. The Labute approximate surface area is 209 Å². The van der Waals surface area contributed by atoms with Crippen molar-refractivity contribution in [2.45, 2.75) is 32.2 Å². The first-order valence-electron chi connectivity index (χ1n) is 12.1. The van der Waals surface area contributed by atoms with Crippen LogP contribution in [0.1, 0.15) is 42.6 Å². The van der Waals surface area contributed by atoms with Gasteiger partial charge in [-0.3, -0.25) is 4.90 Å². The molecule has 0 bridgehead atoms. The number of H-pyrrole nitrogens is 1. The molecule has 5 rings (SSSR count). The van der Waals surface area contributed by atoms with Crippen molar-refractivity contribution in [3.05, 3.63) is 64.3 Å². The van der Waals surface area contributed by atoms with E-state index in [1.807, 2.05) is 42.5 Å². The first-order valence-corrected chi connectivity index (χ1v) is 12.5. The predicted molar refractivity (Wildman–Crippen MR) is 134 cm³/mol. The molecule has 1 aliphatic carbocycles. The number of aliphatic hydroxyl groups is 2. The van der Waals surface area contributed by atoms with Crippen LogP contribution >= 0.6 is 11.6 Å². The van der Waals surface area contributed by atoms with Crippen molar-refractivity contribution in [2.75, 3.05) is 33.0 Å². The molecule has 0 radical (unpaired) electrons. The number of aromatic amines is 1. The normalized spacial score (nSPS) is 17.9. The number of amides is 1. The van der Waals surface area contributed by atoms with Gasteiger partial charge in [0.05, 0.1) is 26.4 Å². The van der Waals surface area contributed by atoms with E-state index >= 15 is 0 Å². The summed E-state index contributed by atoms with van der Waals surface area (Å²) in [4.78, 5) is 18.5. The number of rotatable bonds is 8. The van der Waals surface area contributed by atoms with Gasteiger partial charge in [0.15, 0.2) is 0 Å². The molecule has 0 spiro atoms. The number of benzene rings is 2. The summed E-state index contributed by atoms with van der Waals surface area (Å²) >= 11 is 6.28. The molecule has 2 heterocycles. The van der Waals surface area contributed by atoms with E-state index in [0.29, 0.717) is 36.3 Å². The Hall–Kier alpha value is -2.74. The number of hydrogen-bond acceptors (Lipinski definition) is 5. The molecule has 3 N–H and O–H groups in total. The molecule has 1 atom stereocenters. The lowest BCUT2D eigenvalue weighted by molar-refractivity contribution is 0.0287. The summed E-state index contributed by atoms with van der Waals surface area (Å²) in [6.07, 6.45) is 2.66. The minimum atomic E-state index is -0.718. The molecular weight excluding hydrogens is 468 g/mol. The van der Waals surface area contributed by atoms with Crippen LogP contribution in [0.2, 0.25) is 5.02 Å². The van der Waals surface area contributed by atoms with Gasteiger partial charge in [-0.2, -0.15) is 0 Å². The van der Waals surface area contributed by atoms with Gasteiger partial charge in [0.1, 0.15) is 11.8 Å². The van der Waals surface area contributed by atoms with Gasteiger partial charge in [-0.25, -0.2) is 4.79 Å². The Morgan fingerprint density at radius 1 is 1.17 bits per heavy atom. The third kappa shape index (κ3) is 4.99. The van der Waals surface area contributed by atoms with Crippen molar-refractivity contribution in [3.63, 3.8) is 0 Å². The van der Waals surface area contributed by atoms with Crippen molar-refractivity contribution < 1.29 is 24.5 Å². The van der Waals surface area contributed by atoms with Gasteiger partial charge in [0, 0.05) is 33.6 Å². The van der Waals surface area contributed by atoms with Gasteiger partial charge in [0.25, 0.3) is 0 Å². The first kappa shape index (κ1) is 24.0. The van der Waals surface area contributed by atoms with Crippen molar-refractivity contribution in [1.82, 2.24) is 9.88 Å². The van der Waals surface area contributed by atoms with E-state index in [9.17, 15) is 15.0 Å². The lowest BCUT2D eigenvalue weighted by Crippen LogP contribution is -2.41. The second kappa shape index (κ2) is 9.72. The van der Waals surface area contributed by atoms with E-state index in [2.05, 4.69) is 4.98 Å². The minimum absolute atomic E-state index is 0.172. The quantitative estimate of drug-likeness (QED) is 0.419. The summed E-state index contributed by atoms with van der Waals surface area (Å²) in [6.45, 7) is 2.62. The van der Waals surface area contributed by atoms with Crippen molar-refractivity contribution in [2.24, 2.45) is 11.3 Å². The van der Waals surface area contributed by atoms with Gasteiger partial charge in [-0.15, -0.1) is 0 Å². The number of hydrogen-bond donors (Lipinski definition) is 3. The van der Waals surface area contributed by atoms with E-state index in [-0.39, 0.29) is 32.0 Å². The molecule has 1 fully saturated rings. The second-order valence-corrected chi connectivity index (χ2v) is 10.5. The molecule has 0 saturated heterocycles. The number of aromatic nitrogens is 1. The number of fused-ring (bicyclic) bond motifs is 3. The number of aliphatic hydroxyl groups excluding tert-OH is 2. The zero-order chi connectivity index (χ0) is 24.6. The fourth-order valence-electron chi connectivity index (χ4n) is 4.51. The number of ether oxygens (including phenoxy) is 2. The highest BCUT2D eigenvalue weighted by Crippen LogP contribution is 2.40. The van der Waals surface area contributed by atoms with Crippen LogP contribution < -0.4 is 4.74 Å². The van der Waals surface area contributed by atoms with E-state index in [4.69, 9.17) is 21.1 Å². The van der Waals surface area contributed by atoms with E-state index in [0.717, 1.165) is 35.0 Å². The zero-order valence-corrected chi connectivity index (χ0v) is 20.6. The Kier molecular flexibility index (Phi) is 6.66. The van der Waals surface area contributed by atoms with Crippen LogP contribution in [-0.4, -0.2) is 59.2 Å². The highest BCUT2D eigenvalue weighted by Gasteiger charge is 2.36. The maximum Gasteiger partial charge on any atom is 0.410 e. The standard InChI is InChI=1S/C27H31ClN2O5/c1-27(14-31,15-32)16-35-20-7-4-18(5-8-20)25-24-21(22-12-19(28)6-9-23(22)29-24)10-11-30(25)26(33)34-13-17-2-3-17/h4-9,12,17,25,29,31-32H,2-3,10-11,13-16H2,1H3. The summed E-state index contributed by atoms with van der Waals surface area (Å²) in [6, 6.07) is 13.1. The third-order valence-corrected chi connectivity index (χ3v) is 7.24. The predicted octanol–water partition coefficient (Wildman–Crippen LogP) is 4.69. The van der Waals surface area contributed by atoms with Crippen LogP contribution in [0.5, 0.6) is 5.75 Å². The smallest absolute Gasteiger partial charge is 0.410 e. The average molecular weight is 499 g/mol. The second-order valence-electron chi connectivity index (χ2n) is 10.1. The summed E-state index contributed by atoms with van der Waals surface area (Å²) in [5.74, 6) is 1.12. The first-order chi connectivity index (χ1) is 16.9. The summed E-state index contributed by atoms with van der Waals surface area (Å²) < 4.78 is 11.5. The van der Waals surface area contributed by atoms with Crippen LogP contribution in [0.15, 0.2) is 42.5 Å². The van der Waals surface area contributed by atoms with Crippen LogP contribution in [-0.2, 0) is 11.2 Å². The molecule has 186 valence electrons. The van der Waals surface area contributed by atoms with Gasteiger partial charge in [-0.05, 0) is 66.6 Å². The number of halogens is 1. The van der Waals surface area contributed by atoms with Gasteiger partial charge in [0.2, 0.25) is 0 Å². The summed E-state index contributed by atoms with van der Waals surface area (Å²) in [5, 5.41) is 20.8. The highest BCUT2D eigenvalue weighted by atomic mass is 35.5. The lowest BCUT2D eigenvalue weighted by atomic mass is 9.92. The number of carbonyl (C=O) groups excluding carboxylic acids is 1. The zero-order valence-electron chi connectivity index (χ0n) is 19.8. The van der Waals surface area contributed by atoms with E-state index in [1.165, 1.54) is 5.56 Å². The monoisotopic (exact) mass is 498 g/mol. The fourth-order valence-corrected chi connectivity index (χ4v) is 4.68. The van der Waals surface area contributed by atoms with E-state index < -0.39 is 5.41 Å². The van der Waals surface area contributed by atoms with Crippen LogP contribution in [0, 0.1) is 11.3 Å². The minimum Gasteiger partial charge on any atom is -0.493 e. The molecule has 1 saturated carbocycles. The molecule has 2 aliphatic rings. The number of carbonyl (C=O) groups is 1. The Balaban J connectivity index is 1.45. The molecular formula is C27H31ClN2O5. The van der Waals surface area contributed by atoms with Crippen LogP contribution in [0.4, 0.5) is 4.79 Å².